The first-order chi connectivity index (χ1) is 10.6. The second kappa shape index (κ2) is 7.50. The van der Waals surface area contributed by atoms with Crippen LogP contribution >= 0.6 is 0 Å². The molecule has 0 heterocycles. The van der Waals surface area contributed by atoms with Gasteiger partial charge in [-0.2, -0.15) is 0 Å². The van der Waals surface area contributed by atoms with Gasteiger partial charge in [-0.05, 0) is 42.3 Å². The third-order valence-corrected chi connectivity index (χ3v) is 3.01. The fourth-order valence-corrected chi connectivity index (χ4v) is 1.82. The van der Waals surface area contributed by atoms with Crippen LogP contribution in [0.4, 0.5) is 8.78 Å². The zero-order chi connectivity index (χ0) is 15.9. The van der Waals surface area contributed by atoms with E-state index in [9.17, 15) is 13.6 Å². The summed E-state index contributed by atoms with van der Waals surface area (Å²) in [5.41, 5.74) is 0.965. The van der Waals surface area contributed by atoms with Gasteiger partial charge < -0.3 is 4.74 Å². The lowest BCUT2D eigenvalue weighted by Crippen LogP contribution is -2.09. The predicted octanol–water partition coefficient (Wildman–Crippen LogP) is 5.00. The minimum atomic E-state index is -1.08. The van der Waals surface area contributed by atoms with Crippen LogP contribution in [0.15, 0.2) is 48.5 Å². The lowest BCUT2D eigenvalue weighted by atomic mass is 10.2. The van der Waals surface area contributed by atoms with E-state index in [1.54, 1.807) is 12.1 Å². The molecule has 0 bridgehead atoms. The summed E-state index contributed by atoms with van der Waals surface area (Å²) in [6, 6.07) is 9.85. The third-order valence-electron chi connectivity index (χ3n) is 3.01. The van der Waals surface area contributed by atoms with E-state index < -0.39 is 17.6 Å². The Morgan fingerprint density at radius 2 is 1.82 bits per heavy atom. The van der Waals surface area contributed by atoms with E-state index >= 15 is 0 Å². The number of hydrogen-bond acceptors (Lipinski definition) is 2. The zero-order valence-electron chi connectivity index (χ0n) is 12.2. The summed E-state index contributed by atoms with van der Waals surface area (Å²) in [4.78, 5) is 11.8. The second-order valence-electron chi connectivity index (χ2n) is 4.78. The maximum absolute atomic E-state index is 13.1. The van der Waals surface area contributed by atoms with Gasteiger partial charge in [0.2, 0.25) is 0 Å². The van der Waals surface area contributed by atoms with Crippen LogP contribution in [0, 0.1) is 11.6 Å². The van der Waals surface area contributed by atoms with Gasteiger partial charge >= 0.3 is 5.97 Å². The van der Waals surface area contributed by atoms with Gasteiger partial charge in [-0.15, -0.1) is 0 Å². The number of ether oxygens (including phenoxy) is 1. The molecule has 0 radical (unpaired) electrons. The number of carbonyl (C=O) groups is 1. The molecule has 0 unspecified atom stereocenters. The quantitative estimate of drug-likeness (QED) is 0.574. The molecule has 2 aromatic carbocycles. The average Bonchev–Trinajstić information content (AvgIpc) is 2.52. The first-order valence-corrected chi connectivity index (χ1v) is 7.04. The number of benzene rings is 2. The van der Waals surface area contributed by atoms with E-state index in [1.807, 2.05) is 18.2 Å². The third kappa shape index (κ3) is 4.25. The summed E-state index contributed by atoms with van der Waals surface area (Å²) in [6.45, 7) is 2.10. The van der Waals surface area contributed by atoms with Gasteiger partial charge in [-0.1, -0.05) is 37.6 Å². The first-order valence-electron chi connectivity index (χ1n) is 7.04. The molecule has 0 aliphatic heterocycles. The lowest BCUT2D eigenvalue weighted by molar-refractivity contribution is 0.0734. The number of esters is 1. The highest BCUT2D eigenvalue weighted by atomic mass is 19.2. The summed E-state index contributed by atoms with van der Waals surface area (Å²) in [5.74, 6) is -2.46. The Bertz CT molecular complexity index is 676. The molecular weight excluding hydrogens is 286 g/mol. The largest absolute Gasteiger partial charge is 0.423 e. The van der Waals surface area contributed by atoms with Crippen LogP contribution in [0.2, 0.25) is 0 Å². The van der Waals surface area contributed by atoms with Crippen molar-refractivity contribution in [3.8, 4) is 5.75 Å². The topological polar surface area (TPSA) is 26.3 Å². The van der Waals surface area contributed by atoms with E-state index in [0.29, 0.717) is 5.75 Å². The highest BCUT2D eigenvalue weighted by molar-refractivity contribution is 5.91. The molecule has 0 amide bonds. The van der Waals surface area contributed by atoms with E-state index in [2.05, 4.69) is 13.0 Å². The monoisotopic (exact) mass is 302 g/mol. The number of unbranched alkanes of at least 4 members (excludes halogenated alkanes) is 1. The van der Waals surface area contributed by atoms with E-state index in [-0.39, 0.29) is 5.56 Å². The van der Waals surface area contributed by atoms with E-state index in [1.165, 1.54) is 6.07 Å². The Balaban J connectivity index is 2.03. The van der Waals surface area contributed by atoms with Crippen molar-refractivity contribution in [1.82, 2.24) is 0 Å². The van der Waals surface area contributed by atoms with Crippen LogP contribution in [-0.2, 0) is 0 Å². The summed E-state index contributed by atoms with van der Waals surface area (Å²) < 4.78 is 31.0. The molecule has 0 N–H and O–H groups in total. The van der Waals surface area contributed by atoms with Gasteiger partial charge in [0.05, 0.1) is 5.56 Å². The predicted molar refractivity (Wildman–Crippen MR) is 81.7 cm³/mol. The molecule has 4 heteroatoms. The Morgan fingerprint density at radius 1 is 1.09 bits per heavy atom. The molecule has 0 saturated heterocycles. The molecule has 0 aliphatic rings. The zero-order valence-corrected chi connectivity index (χ0v) is 12.2. The van der Waals surface area contributed by atoms with Gasteiger partial charge in [0, 0.05) is 0 Å². The van der Waals surface area contributed by atoms with Gasteiger partial charge in [-0.3, -0.25) is 0 Å². The van der Waals surface area contributed by atoms with E-state index in [4.69, 9.17) is 4.74 Å². The molecule has 0 aliphatic carbocycles. The number of carbonyl (C=O) groups excluding carboxylic acids is 1. The Hall–Kier alpha value is -2.49. The van der Waals surface area contributed by atoms with Gasteiger partial charge in [0.25, 0.3) is 0 Å². The van der Waals surface area contributed by atoms with Crippen molar-refractivity contribution in [3.05, 3.63) is 71.3 Å². The minimum Gasteiger partial charge on any atom is -0.423 e. The first kappa shape index (κ1) is 15.9. The smallest absolute Gasteiger partial charge is 0.343 e. The van der Waals surface area contributed by atoms with Crippen LogP contribution in [0.5, 0.6) is 5.75 Å². The van der Waals surface area contributed by atoms with Gasteiger partial charge in [-0.25, -0.2) is 13.6 Å². The normalized spacial score (nSPS) is 10.9. The summed E-state index contributed by atoms with van der Waals surface area (Å²) >= 11 is 0. The van der Waals surface area contributed by atoms with Crippen molar-refractivity contribution >= 4 is 12.0 Å². The van der Waals surface area contributed by atoms with Gasteiger partial charge in [0.15, 0.2) is 11.6 Å². The summed E-state index contributed by atoms with van der Waals surface area (Å²) in [5, 5.41) is 0. The van der Waals surface area contributed by atoms with Crippen LogP contribution in [0.3, 0.4) is 0 Å². The number of allylic oxidation sites excluding steroid dienone is 1. The van der Waals surface area contributed by atoms with Crippen molar-refractivity contribution in [3.63, 3.8) is 0 Å². The van der Waals surface area contributed by atoms with Crippen LogP contribution in [-0.4, -0.2) is 5.97 Å². The molecule has 0 aromatic heterocycles. The summed E-state index contributed by atoms with van der Waals surface area (Å²) in [6.07, 6.45) is 6.15. The molecule has 0 spiro atoms. The fourth-order valence-electron chi connectivity index (χ4n) is 1.82. The van der Waals surface area contributed by atoms with Crippen molar-refractivity contribution in [2.75, 3.05) is 0 Å². The SMILES string of the molecule is CCC/C=C/c1ccc(OC(=O)c2ccc(F)c(F)c2)cc1. The molecule has 22 heavy (non-hydrogen) atoms. The average molecular weight is 302 g/mol. The maximum Gasteiger partial charge on any atom is 0.343 e. The van der Waals surface area contributed by atoms with Crippen molar-refractivity contribution in [1.29, 1.82) is 0 Å². The van der Waals surface area contributed by atoms with E-state index in [0.717, 1.165) is 30.5 Å². The molecule has 114 valence electrons. The fraction of sp³-hybridized carbons (Fsp3) is 0.167. The number of halogens is 2. The number of rotatable bonds is 5. The molecule has 0 fully saturated rings. The Kier molecular flexibility index (Phi) is 5.42. The standard InChI is InChI=1S/C18H16F2O2/c1-2-3-4-5-13-6-9-15(10-7-13)22-18(21)14-8-11-16(19)17(20)12-14/h4-12H,2-3H2,1H3/b5-4+. The Labute approximate surface area is 128 Å². The van der Waals surface area contributed by atoms with Crippen molar-refractivity contribution < 1.29 is 18.3 Å². The Morgan fingerprint density at radius 3 is 2.45 bits per heavy atom. The highest BCUT2D eigenvalue weighted by Gasteiger charge is 2.11. The molecule has 2 aromatic rings. The van der Waals surface area contributed by atoms with Crippen LogP contribution in [0.1, 0.15) is 35.7 Å². The molecular formula is C18H16F2O2. The second-order valence-corrected chi connectivity index (χ2v) is 4.78. The highest BCUT2D eigenvalue weighted by Crippen LogP contribution is 2.16. The van der Waals surface area contributed by atoms with Crippen LogP contribution in [0.25, 0.3) is 6.08 Å². The molecule has 2 nitrogen and oxygen atoms in total. The maximum atomic E-state index is 13.1. The minimum absolute atomic E-state index is 0.0363. The lowest BCUT2D eigenvalue weighted by Gasteiger charge is -2.05. The van der Waals surface area contributed by atoms with Crippen molar-refractivity contribution in [2.45, 2.75) is 19.8 Å². The molecule has 0 saturated carbocycles. The van der Waals surface area contributed by atoms with Crippen molar-refractivity contribution in [2.24, 2.45) is 0 Å². The number of hydrogen-bond donors (Lipinski definition) is 0. The van der Waals surface area contributed by atoms with Gasteiger partial charge in [0.1, 0.15) is 5.75 Å². The van der Waals surface area contributed by atoms with Crippen LogP contribution < -0.4 is 4.74 Å². The summed E-state index contributed by atoms with van der Waals surface area (Å²) in [7, 11) is 0. The molecule has 0 atom stereocenters. The molecule has 2 rings (SSSR count).